The summed E-state index contributed by atoms with van der Waals surface area (Å²) in [5.41, 5.74) is 2.62. The molecule has 0 unspecified atom stereocenters. The fourth-order valence-electron chi connectivity index (χ4n) is 5.66. The van der Waals surface area contributed by atoms with E-state index in [0.29, 0.717) is 45.2 Å². The van der Waals surface area contributed by atoms with Crippen LogP contribution in [0.2, 0.25) is 0 Å². The number of methoxy groups -OCH3 is 1. The third-order valence-corrected chi connectivity index (χ3v) is 8.43. The second-order valence-electron chi connectivity index (χ2n) is 9.62. The predicted octanol–water partition coefficient (Wildman–Crippen LogP) is 3.86. The van der Waals surface area contributed by atoms with E-state index in [2.05, 4.69) is 6.58 Å². The number of ether oxygens (including phenoxy) is 2. The van der Waals surface area contributed by atoms with Crippen molar-refractivity contribution in [1.82, 2.24) is 4.57 Å². The SMILES string of the molecule is C=CCN1C(=O)/C(=c2/sc3n(c2=O)[C@H](c2c(OC)ccc4ccccc24)C(C(=O)OCC)=C(C)N=3)c2ccccc21. The van der Waals surface area contributed by atoms with Crippen molar-refractivity contribution in [2.75, 3.05) is 25.2 Å². The van der Waals surface area contributed by atoms with Crippen LogP contribution in [0.5, 0.6) is 5.75 Å². The molecule has 4 aromatic rings. The minimum Gasteiger partial charge on any atom is -0.496 e. The Morgan fingerprint density at radius 1 is 1.10 bits per heavy atom. The molecule has 9 heteroatoms. The summed E-state index contributed by atoms with van der Waals surface area (Å²) in [5.74, 6) is -0.328. The number of hydrogen-bond acceptors (Lipinski definition) is 7. The van der Waals surface area contributed by atoms with Crippen molar-refractivity contribution in [3.05, 3.63) is 115 Å². The summed E-state index contributed by atoms with van der Waals surface area (Å²) in [7, 11) is 1.56. The molecule has 41 heavy (non-hydrogen) atoms. The summed E-state index contributed by atoms with van der Waals surface area (Å²) in [4.78, 5) is 48.4. The summed E-state index contributed by atoms with van der Waals surface area (Å²) in [6, 6.07) is 18.0. The van der Waals surface area contributed by atoms with E-state index < -0.39 is 17.6 Å². The Balaban J connectivity index is 1.72. The first-order valence-corrected chi connectivity index (χ1v) is 14.0. The molecule has 0 spiro atoms. The van der Waals surface area contributed by atoms with E-state index in [1.807, 2.05) is 60.7 Å². The molecule has 0 aliphatic carbocycles. The minimum atomic E-state index is -0.892. The van der Waals surface area contributed by atoms with Gasteiger partial charge in [-0.1, -0.05) is 65.9 Å². The van der Waals surface area contributed by atoms with Crippen LogP contribution in [0.25, 0.3) is 16.3 Å². The molecule has 0 fully saturated rings. The Kier molecular flexibility index (Phi) is 6.67. The molecule has 2 aliphatic rings. The van der Waals surface area contributed by atoms with Gasteiger partial charge in [0.2, 0.25) is 0 Å². The third kappa shape index (κ3) is 4.03. The normalized spacial score (nSPS) is 17.3. The number of fused-ring (bicyclic) bond motifs is 3. The molecule has 1 aromatic heterocycles. The zero-order valence-electron chi connectivity index (χ0n) is 22.8. The van der Waals surface area contributed by atoms with Gasteiger partial charge in [-0.2, -0.15) is 0 Å². The molecule has 2 aliphatic heterocycles. The van der Waals surface area contributed by atoms with Crippen LogP contribution in [0, 0.1) is 0 Å². The van der Waals surface area contributed by atoms with Crippen molar-refractivity contribution < 1.29 is 19.1 Å². The first-order chi connectivity index (χ1) is 19.9. The van der Waals surface area contributed by atoms with Crippen molar-refractivity contribution in [1.29, 1.82) is 0 Å². The van der Waals surface area contributed by atoms with Gasteiger partial charge in [-0.15, -0.1) is 6.58 Å². The Labute approximate surface area is 239 Å². The zero-order valence-corrected chi connectivity index (χ0v) is 23.7. The summed E-state index contributed by atoms with van der Waals surface area (Å²) < 4.78 is 13.0. The van der Waals surface area contributed by atoms with Gasteiger partial charge >= 0.3 is 5.97 Å². The van der Waals surface area contributed by atoms with E-state index in [9.17, 15) is 14.4 Å². The highest BCUT2D eigenvalue weighted by Gasteiger charge is 2.38. The van der Waals surface area contributed by atoms with Gasteiger partial charge in [0.1, 0.15) is 16.3 Å². The van der Waals surface area contributed by atoms with Crippen molar-refractivity contribution >= 4 is 45.2 Å². The standard InChI is InChI=1S/C32H27N3O5S/c1-5-17-34-22-14-10-9-13-21(22)26(29(34)36)28-30(37)35-27(24(31(38)40-6-2)18(3)33-32(35)41-28)25-20-12-8-7-11-19(20)15-16-23(25)39-4/h5,7-16,27H,1,6,17H2,2-4H3/b28-26+/t27-/m0/s1. The highest BCUT2D eigenvalue weighted by molar-refractivity contribution is 7.07. The van der Waals surface area contributed by atoms with E-state index in [-0.39, 0.29) is 22.6 Å². The number of amides is 1. The molecule has 0 N–H and O–H groups in total. The second kappa shape index (κ2) is 10.3. The average molecular weight is 566 g/mol. The Morgan fingerprint density at radius 2 is 1.85 bits per heavy atom. The molecule has 3 heterocycles. The van der Waals surface area contributed by atoms with Gasteiger partial charge < -0.3 is 14.4 Å². The number of hydrogen-bond donors (Lipinski definition) is 0. The van der Waals surface area contributed by atoms with Crippen LogP contribution in [-0.2, 0) is 14.3 Å². The molecule has 0 saturated heterocycles. The number of carbonyl (C=O) groups excluding carboxylic acids is 2. The summed E-state index contributed by atoms with van der Waals surface area (Å²) in [6.45, 7) is 7.72. The van der Waals surface area contributed by atoms with Gasteiger partial charge in [0.05, 0.1) is 36.2 Å². The topological polar surface area (TPSA) is 90.2 Å². The van der Waals surface area contributed by atoms with E-state index in [0.717, 1.165) is 22.1 Å². The van der Waals surface area contributed by atoms with Crippen LogP contribution in [-0.4, -0.2) is 36.7 Å². The lowest BCUT2D eigenvalue weighted by atomic mass is 9.90. The van der Waals surface area contributed by atoms with E-state index in [4.69, 9.17) is 14.5 Å². The number of rotatable bonds is 6. The highest BCUT2D eigenvalue weighted by Crippen LogP contribution is 2.41. The summed E-state index contributed by atoms with van der Waals surface area (Å²) in [5, 5.41) is 1.75. The van der Waals surface area contributed by atoms with E-state index in [1.54, 1.807) is 31.9 Å². The van der Waals surface area contributed by atoms with E-state index >= 15 is 0 Å². The number of benzene rings is 3. The third-order valence-electron chi connectivity index (χ3n) is 7.38. The molecular weight excluding hydrogens is 538 g/mol. The number of esters is 1. The molecule has 0 bridgehead atoms. The van der Waals surface area contributed by atoms with Crippen LogP contribution in [0.3, 0.4) is 0 Å². The fourth-order valence-corrected chi connectivity index (χ4v) is 6.80. The van der Waals surface area contributed by atoms with E-state index in [1.165, 1.54) is 4.57 Å². The molecule has 1 atom stereocenters. The lowest BCUT2D eigenvalue weighted by Crippen LogP contribution is -2.41. The van der Waals surface area contributed by atoms with Crippen molar-refractivity contribution in [2.45, 2.75) is 19.9 Å². The monoisotopic (exact) mass is 565 g/mol. The first kappa shape index (κ1) is 26.5. The lowest BCUT2D eigenvalue weighted by Gasteiger charge is -2.27. The second-order valence-corrected chi connectivity index (χ2v) is 10.6. The van der Waals surface area contributed by atoms with Gasteiger partial charge in [0.25, 0.3) is 11.5 Å². The van der Waals surface area contributed by atoms with Gasteiger partial charge in [-0.3, -0.25) is 14.2 Å². The van der Waals surface area contributed by atoms with Crippen LogP contribution >= 0.6 is 11.3 Å². The molecule has 0 saturated carbocycles. The van der Waals surface area contributed by atoms with Crippen molar-refractivity contribution in [3.8, 4) is 5.75 Å². The van der Waals surface area contributed by atoms with Crippen LogP contribution < -0.4 is 24.5 Å². The molecule has 206 valence electrons. The summed E-state index contributed by atoms with van der Waals surface area (Å²) >= 11 is 1.14. The number of allylic oxidation sites excluding steroid dienone is 1. The molecule has 3 aromatic carbocycles. The fraction of sp³-hybridized carbons (Fsp3) is 0.188. The minimum absolute atomic E-state index is 0.161. The molecular formula is C32H27N3O5S. The first-order valence-electron chi connectivity index (χ1n) is 13.2. The molecule has 6 rings (SSSR count). The van der Waals surface area contributed by atoms with Crippen molar-refractivity contribution in [2.24, 2.45) is 4.99 Å². The van der Waals surface area contributed by atoms with Crippen LogP contribution in [0.15, 0.2) is 94.4 Å². The lowest BCUT2D eigenvalue weighted by molar-refractivity contribution is -0.139. The van der Waals surface area contributed by atoms with Crippen LogP contribution in [0.1, 0.15) is 31.0 Å². The Hall–Kier alpha value is -4.76. The summed E-state index contributed by atoms with van der Waals surface area (Å²) in [6.07, 6.45) is 1.65. The maximum absolute atomic E-state index is 14.5. The molecule has 0 radical (unpaired) electrons. The number of thiazole rings is 1. The number of carbonyl (C=O) groups is 2. The number of para-hydroxylation sites is 1. The highest BCUT2D eigenvalue weighted by atomic mass is 32.1. The molecule has 8 nitrogen and oxygen atoms in total. The largest absolute Gasteiger partial charge is 0.496 e. The zero-order chi connectivity index (χ0) is 28.8. The predicted molar refractivity (Wildman–Crippen MR) is 159 cm³/mol. The number of aromatic nitrogens is 1. The van der Waals surface area contributed by atoms with Crippen LogP contribution in [0.4, 0.5) is 5.69 Å². The Bertz CT molecular complexity index is 1980. The number of nitrogens with zero attached hydrogens (tertiary/aromatic N) is 3. The Morgan fingerprint density at radius 3 is 2.61 bits per heavy atom. The smallest absolute Gasteiger partial charge is 0.338 e. The van der Waals surface area contributed by atoms with Crippen molar-refractivity contribution in [3.63, 3.8) is 0 Å². The quantitative estimate of drug-likeness (QED) is 0.262. The van der Waals surface area contributed by atoms with Gasteiger partial charge in [0.15, 0.2) is 4.80 Å². The van der Waals surface area contributed by atoms with Gasteiger partial charge in [-0.05, 0) is 36.8 Å². The average Bonchev–Trinajstić information content (AvgIpc) is 3.44. The number of anilines is 1. The van der Waals surface area contributed by atoms with Gasteiger partial charge in [0, 0.05) is 17.7 Å². The van der Waals surface area contributed by atoms with Gasteiger partial charge in [-0.25, -0.2) is 9.79 Å². The molecule has 1 amide bonds. The maximum Gasteiger partial charge on any atom is 0.338 e. The maximum atomic E-state index is 14.5.